The Morgan fingerprint density at radius 3 is 2.47 bits per heavy atom. The van der Waals surface area contributed by atoms with Crippen LogP contribution < -0.4 is 0 Å². The van der Waals surface area contributed by atoms with E-state index in [0.717, 1.165) is 30.4 Å². The van der Waals surface area contributed by atoms with Gasteiger partial charge in [-0.15, -0.1) is 11.8 Å². The molecule has 0 spiro atoms. The molecule has 0 aromatic heterocycles. The molecule has 0 heterocycles. The van der Waals surface area contributed by atoms with Gasteiger partial charge in [-0.25, -0.2) is 0 Å². The van der Waals surface area contributed by atoms with Crippen molar-refractivity contribution in [3.63, 3.8) is 0 Å². The normalized spacial score (nSPS) is 10.9. The number of rotatable bonds is 6. The molecule has 84 valence electrons. The standard InChI is InChI=1S/C12H18ClNS/c1-3-14(4-2)9-10-15-12-8-6-5-7-11(12)13/h5-8H,3-4,9-10H2,1-2H3. The van der Waals surface area contributed by atoms with E-state index >= 15 is 0 Å². The molecule has 0 N–H and O–H groups in total. The smallest absolute Gasteiger partial charge is 0.0541 e. The third-order valence-electron chi connectivity index (χ3n) is 2.40. The van der Waals surface area contributed by atoms with Crippen LogP contribution in [0.25, 0.3) is 0 Å². The molecule has 0 aliphatic carbocycles. The molecule has 15 heavy (non-hydrogen) atoms. The maximum Gasteiger partial charge on any atom is 0.0541 e. The van der Waals surface area contributed by atoms with E-state index in [1.165, 1.54) is 4.90 Å². The molecular formula is C12H18ClNS. The second kappa shape index (κ2) is 7.15. The number of nitrogens with zero attached hydrogens (tertiary/aromatic N) is 1. The van der Waals surface area contributed by atoms with Gasteiger partial charge < -0.3 is 4.90 Å². The van der Waals surface area contributed by atoms with Crippen molar-refractivity contribution in [2.75, 3.05) is 25.4 Å². The first-order chi connectivity index (χ1) is 7.27. The van der Waals surface area contributed by atoms with E-state index in [-0.39, 0.29) is 0 Å². The largest absolute Gasteiger partial charge is 0.303 e. The fraction of sp³-hybridized carbons (Fsp3) is 0.500. The summed E-state index contributed by atoms with van der Waals surface area (Å²) in [5, 5.41) is 0.863. The van der Waals surface area contributed by atoms with Crippen LogP contribution in [0.2, 0.25) is 5.02 Å². The zero-order valence-corrected chi connectivity index (χ0v) is 10.9. The maximum atomic E-state index is 6.07. The van der Waals surface area contributed by atoms with Gasteiger partial charge in [0.05, 0.1) is 5.02 Å². The second-order valence-electron chi connectivity index (χ2n) is 3.31. The predicted octanol–water partition coefficient (Wildman–Crippen LogP) is 3.77. The van der Waals surface area contributed by atoms with E-state index in [4.69, 9.17) is 11.6 Å². The Balaban J connectivity index is 2.34. The van der Waals surface area contributed by atoms with Gasteiger partial charge in [0.1, 0.15) is 0 Å². The Labute approximate surface area is 102 Å². The molecule has 0 aliphatic rings. The van der Waals surface area contributed by atoms with E-state index in [1.54, 1.807) is 0 Å². The van der Waals surface area contributed by atoms with Crippen LogP contribution in [0.4, 0.5) is 0 Å². The van der Waals surface area contributed by atoms with Crippen LogP contribution in [0.1, 0.15) is 13.8 Å². The minimum Gasteiger partial charge on any atom is -0.303 e. The van der Waals surface area contributed by atoms with E-state index in [2.05, 4.69) is 24.8 Å². The molecule has 0 aliphatic heterocycles. The summed E-state index contributed by atoms with van der Waals surface area (Å²) in [6.45, 7) is 7.77. The van der Waals surface area contributed by atoms with E-state index in [1.807, 2.05) is 30.0 Å². The molecule has 0 saturated heterocycles. The van der Waals surface area contributed by atoms with Crippen LogP contribution >= 0.6 is 23.4 Å². The number of thioether (sulfide) groups is 1. The van der Waals surface area contributed by atoms with E-state index in [0.29, 0.717) is 0 Å². The molecule has 0 saturated carbocycles. The Morgan fingerprint density at radius 2 is 1.87 bits per heavy atom. The SMILES string of the molecule is CCN(CC)CCSc1ccccc1Cl. The minimum absolute atomic E-state index is 0.863. The van der Waals surface area contributed by atoms with Crippen LogP contribution in [0.3, 0.4) is 0 Å². The molecule has 0 unspecified atom stereocenters. The third kappa shape index (κ3) is 4.45. The first kappa shape index (κ1) is 12.9. The van der Waals surface area contributed by atoms with Crippen LogP contribution in [0, 0.1) is 0 Å². The van der Waals surface area contributed by atoms with Gasteiger partial charge in [0.25, 0.3) is 0 Å². The lowest BCUT2D eigenvalue weighted by atomic mass is 10.4. The Hall–Kier alpha value is -0.180. The van der Waals surface area contributed by atoms with Crippen molar-refractivity contribution in [2.24, 2.45) is 0 Å². The average Bonchev–Trinajstić information content (AvgIpc) is 2.27. The van der Waals surface area contributed by atoms with E-state index in [9.17, 15) is 0 Å². The summed E-state index contributed by atoms with van der Waals surface area (Å²) in [5.41, 5.74) is 0. The third-order valence-corrected chi connectivity index (χ3v) is 3.89. The van der Waals surface area contributed by atoms with Crippen LogP contribution in [0.15, 0.2) is 29.2 Å². The minimum atomic E-state index is 0.863. The lowest BCUT2D eigenvalue weighted by Crippen LogP contribution is -2.25. The molecule has 1 rings (SSSR count). The van der Waals surface area contributed by atoms with Gasteiger partial charge in [0, 0.05) is 17.2 Å². The number of benzene rings is 1. The highest BCUT2D eigenvalue weighted by Crippen LogP contribution is 2.26. The summed E-state index contributed by atoms with van der Waals surface area (Å²) >= 11 is 7.91. The Bertz CT molecular complexity index is 287. The summed E-state index contributed by atoms with van der Waals surface area (Å²) in [4.78, 5) is 3.61. The van der Waals surface area contributed by atoms with Gasteiger partial charge in [0.2, 0.25) is 0 Å². The van der Waals surface area contributed by atoms with Gasteiger partial charge in [-0.2, -0.15) is 0 Å². The number of hydrogen-bond acceptors (Lipinski definition) is 2. The Kier molecular flexibility index (Phi) is 6.15. The molecule has 0 atom stereocenters. The zero-order chi connectivity index (χ0) is 11.1. The first-order valence-corrected chi connectivity index (χ1v) is 6.74. The van der Waals surface area contributed by atoms with Crippen molar-refractivity contribution in [1.29, 1.82) is 0 Å². The van der Waals surface area contributed by atoms with Gasteiger partial charge in [-0.05, 0) is 25.2 Å². The van der Waals surface area contributed by atoms with Crippen molar-refractivity contribution in [2.45, 2.75) is 18.7 Å². The quantitative estimate of drug-likeness (QED) is 0.700. The second-order valence-corrected chi connectivity index (χ2v) is 4.85. The molecular weight excluding hydrogens is 226 g/mol. The van der Waals surface area contributed by atoms with Crippen molar-refractivity contribution in [1.82, 2.24) is 4.90 Å². The zero-order valence-electron chi connectivity index (χ0n) is 9.37. The number of hydrogen-bond donors (Lipinski definition) is 0. The summed E-state index contributed by atoms with van der Waals surface area (Å²) in [7, 11) is 0. The van der Waals surface area contributed by atoms with Crippen molar-refractivity contribution >= 4 is 23.4 Å². The molecule has 0 radical (unpaired) electrons. The molecule has 1 nitrogen and oxygen atoms in total. The maximum absolute atomic E-state index is 6.07. The molecule has 0 fully saturated rings. The van der Waals surface area contributed by atoms with Crippen LogP contribution in [0.5, 0.6) is 0 Å². The lowest BCUT2D eigenvalue weighted by molar-refractivity contribution is 0.324. The van der Waals surface area contributed by atoms with E-state index < -0.39 is 0 Å². The topological polar surface area (TPSA) is 3.24 Å². The van der Waals surface area contributed by atoms with Gasteiger partial charge in [-0.1, -0.05) is 37.6 Å². The summed E-state index contributed by atoms with van der Waals surface area (Å²) in [6, 6.07) is 8.03. The summed E-state index contributed by atoms with van der Waals surface area (Å²) < 4.78 is 0. The molecule has 3 heteroatoms. The summed E-state index contributed by atoms with van der Waals surface area (Å²) in [5.74, 6) is 1.10. The molecule has 0 amide bonds. The molecule has 0 bridgehead atoms. The van der Waals surface area contributed by atoms with Crippen LogP contribution in [-0.4, -0.2) is 30.3 Å². The lowest BCUT2D eigenvalue weighted by Gasteiger charge is -2.17. The number of halogens is 1. The van der Waals surface area contributed by atoms with Gasteiger partial charge in [0.15, 0.2) is 0 Å². The van der Waals surface area contributed by atoms with Gasteiger partial charge in [-0.3, -0.25) is 0 Å². The average molecular weight is 244 g/mol. The highest BCUT2D eigenvalue weighted by molar-refractivity contribution is 7.99. The molecule has 1 aromatic rings. The fourth-order valence-electron chi connectivity index (χ4n) is 1.39. The summed E-state index contributed by atoms with van der Waals surface area (Å²) in [6.07, 6.45) is 0. The van der Waals surface area contributed by atoms with Crippen molar-refractivity contribution < 1.29 is 0 Å². The highest BCUT2D eigenvalue weighted by atomic mass is 35.5. The fourth-order valence-corrected chi connectivity index (χ4v) is 2.64. The first-order valence-electron chi connectivity index (χ1n) is 5.37. The van der Waals surface area contributed by atoms with Crippen molar-refractivity contribution in [3.8, 4) is 0 Å². The highest BCUT2D eigenvalue weighted by Gasteiger charge is 2.01. The van der Waals surface area contributed by atoms with Crippen LogP contribution in [-0.2, 0) is 0 Å². The predicted molar refractivity (Wildman–Crippen MR) is 70.0 cm³/mol. The monoisotopic (exact) mass is 243 g/mol. The Morgan fingerprint density at radius 1 is 1.20 bits per heavy atom. The molecule has 1 aromatic carbocycles. The van der Waals surface area contributed by atoms with Gasteiger partial charge >= 0.3 is 0 Å². The van der Waals surface area contributed by atoms with Crippen molar-refractivity contribution in [3.05, 3.63) is 29.3 Å².